The van der Waals surface area contributed by atoms with Gasteiger partial charge in [-0.25, -0.2) is 0 Å². The van der Waals surface area contributed by atoms with Crippen molar-refractivity contribution in [1.82, 2.24) is 4.63 Å². The molecule has 0 aromatic heterocycles. The molecule has 0 heterocycles. The van der Waals surface area contributed by atoms with Crippen LogP contribution in [0.25, 0.3) is 0 Å². The fraction of sp³-hybridized carbons (Fsp3) is 0. The van der Waals surface area contributed by atoms with Gasteiger partial charge in [0.1, 0.15) is 0 Å². The van der Waals surface area contributed by atoms with Crippen LogP contribution in [0.15, 0.2) is 0 Å². The molecule has 3 N–H and O–H groups in total. The van der Waals surface area contributed by atoms with Crippen LogP contribution in [-0.4, -0.2) is 59.8 Å². The van der Waals surface area contributed by atoms with Gasteiger partial charge in [-0.1, -0.05) is 0 Å². The Morgan fingerprint density at radius 2 is 1.00 bits per heavy atom. The second-order valence-electron chi connectivity index (χ2n) is 2.33. The first-order valence-corrected chi connectivity index (χ1v) is 3.29. The van der Waals surface area contributed by atoms with Gasteiger partial charge in [0.15, 0.2) is 0 Å². The van der Waals surface area contributed by atoms with Crippen molar-refractivity contribution in [3.05, 3.63) is 0 Å². The zero-order valence-corrected chi connectivity index (χ0v) is 6.63. The van der Waals surface area contributed by atoms with E-state index < -0.39 is 39.8 Å². The topological polar surface area (TPSA) is 115 Å². The molecule has 0 fully saturated rings. The fourth-order valence-electron chi connectivity index (χ4n) is 0.742. The zero-order valence-electron chi connectivity index (χ0n) is 6.63. The van der Waals surface area contributed by atoms with Crippen LogP contribution in [0.5, 0.6) is 0 Å². The summed E-state index contributed by atoms with van der Waals surface area (Å²) in [5.74, 6) is -3.78. The molecule has 13 heavy (non-hydrogen) atoms. The zero-order chi connectivity index (χ0) is 10.4. The van der Waals surface area contributed by atoms with Gasteiger partial charge in [-0.15, -0.1) is 0 Å². The first-order valence-electron chi connectivity index (χ1n) is 3.29. The highest BCUT2D eigenvalue weighted by Crippen LogP contribution is 1.83. The Morgan fingerprint density at radius 1 is 0.769 bits per heavy atom. The lowest BCUT2D eigenvalue weighted by molar-refractivity contribution is 0.218. The van der Waals surface area contributed by atoms with E-state index in [1.165, 1.54) is 0 Å². The van der Waals surface area contributed by atoms with E-state index in [1.54, 1.807) is 0 Å². The van der Waals surface area contributed by atoms with Gasteiger partial charge in [0.25, 0.3) is 17.6 Å². The van der Waals surface area contributed by atoms with Gasteiger partial charge in [0, 0.05) is 0 Å². The number of hydrogen-bond donors (Lipinski definition) is 3. The summed E-state index contributed by atoms with van der Waals surface area (Å²) in [7, 11) is -1.80. The number of nitrogens with zero attached hydrogens (tertiary/aromatic N) is 1. The van der Waals surface area contributed by atoms with Crippen LogP contribution in [0.4, 0.5) is 14.4 Å². The molecular weight excluding hydrogens is 178 g/mol. The van der Waals surface area contributed by atoms with Crippen molar-refractivity contribution >= 4 is 39.8 Å². The smallest absolute Gasteiger partial charge is 0.319 e. The van der Waals surface area contributed by atoms with Gasteiger partial charge < -0.3 is 20.0 Å². The Balaban J connectivity index is 4.10. The van der Waals surface area contributed by atoms with Gasteiger partial charge in [0.05, 0.1) is 0 Å². The van der Waals surface area contributed by atoms with Crippen LogP contribution in [0.2, 0.25) is 0 Å². The van der Waals surface area contributed by atoms with Crippen LogP contribution < -0.4 is 0 Å². The highest BCUT2D eigenvalue weighted by Gasteiger charge is 2.21. The molecule has 68 valence electrons. The van der Waals surface area contributed by atoms with Crippen LogP contribution in [0, 0.1) is 0 Å². The fourth-order valence-corrected chi connectivity index (χ4v) is 0.742. The van der Waals surface area contributed by atoms with Crippen molar-refractivity contribution in [2.45, 2.75) is 0 Å². The van der Waals surface area contributed by atoms with Gasteiger partial charge in [-0.3, -0.25) is 14.4 Å². The number of rotatable bonds is 6. The maximum Gasteiger partial charge on any atom is 0.319 e. The highest BCUT2D eigenvalue weighted by molar-refractivity contribution is 6.94. The first kappa shape index (κ1) is 11.6. The molecular formula is C3H6B3NO6. The van der Waals surface area contributed by atoms with Crippen LogP contribution in [-0.2, 0) is 0 Å². The van der Waals surface area contributed by atoms with E-state index >= 15 is 0 Å². The van der Waals surface area contributed by atoms with Crippen molar-refractivity contribution in [3.8, 4) is 0 Å². The SMILES string of the molecule is O=C(O)BN(BC(=O)O)BC(=O)O. The van der Waals surface area contributed by atoms with E-state index in [1.807, 2.05) is 0 Å². The lowest BCUT2D eigenvalue weighted by Crippen LogP contribution is -2.44. The standard InChI is InChI=1S/C3H6B3NO6/c8-1(9)4-7(5-2(10)11)6-3(12)13/h4-6H,(H,8,9)(H,10,11)(H,12,13). The summed E-state index contributed by atoms with van der Waals surface area (Å²) < 4.78 is 0.799. The monoisotopic (exact) mass is 185 g/mol. The molecule has 10 heteroatoms. The van der Waals surface area contributed by atoms with Crippen molar-refractivity contribution in [2.75, 3.05) is 0 Å². The van der Waals surface area contributed by atoms with Crippen molar-refractivity contribution in [3.63, 3.8) is 0 Å². The predicted molar refractivity (Wildman–Crippen MR) is 47.4 cm³/mol. The molecule has 0 aliphatic rings. The molecule has 0 aromatic carbocycles. The van der Waals surface area contributed by atoms with Gasteiger partial charge in [0.2, 0.25) is 0 Å². The molecule has 0 bridgehead atoms. The molecule has 0 saturated heterocycles. The minimum absolute atomic E-state index is 0.599. The van der Waals surface area contributed by atoms with Crippen molar-refractivity contribution in [2.24, 2.45) is 0 Å². The third-order valence-corrected chi connectivity index (χ3v) is 1.08. The average molecular weight is 185 g/mol. The lowest BCUT2D eigenvalue weighted by Gasteiger charge is -2.11. The van der Waals surface area contributed by atoms with Crippen LogP contribution in [0.1, 0.15) is 0 Å². The molecule has 7 nitrogen and oxygen atoms in total. The summed E-state index contributed by atoms with van der Waals surface area (Å²) in [6, 6.07) is 0. The van der Waals surface area contributed by atoms with Crippen molar-refractivity contribution in [1.29, 1.82) is 0 Å². The van der Waals surface area contributed by atoms with Crippen LogP contribution in [0.3, 0.4) is 0 Å². The predicted octanol–water partition coefficient (Wildman–Crippen LogP) is -1.62. The molecule has 0 aromatic rings. The number of carbonyl (C=O) groups is 3. The van der Waals surface area contributed by atoms with E-state index in [9.17, 15) is 14.4 Å². The van der Waals surface area contributed by atoms with Gasteiger partial charge in [-0.05, 0) is 0 Å². The maximum atomic E-state index is 10.1. The second kappa shape index (κ2) is 5.25. The molecule has 0 atom stereocenters. The molecule has 0 saturated carbocycles. The Hall–Kier alpha value is -1.44. The molecule has 0 aliphatic carbocycles. The van der Waals surface area contributed by atoms with E-state index in [2.05, 4.69) is 0 Å². The third kappa shape index (κ3) is 6.94. The van der Waals surface area contributed by atoms with E-state index in [-0.39, 0.29) is 0 Å². The lowest BCUT2D eigenvalue weighted by atomic mass is 9.65. The Labute approximate surface area is 75.1 Å². The normalized spacial score (nSPS) is 9.00. The summed E-state index contributed by atoms with van der Waals surface area (Å²) in [5, 5.41) is 24.8. The Bertz CT molecular complexity index is 193. The molecule has 0 amide bonds. The van der Waals surface area contributed by atoms with Crippen LogP contribution >= 0.6 is 0 Å². The first-order chi connectivity index (χ1) is 5.91. The highest BCUT2D eigenvalue weighted by atomic mass is 16.4. The summed E-state index contributed by atoms with van der Waals surface area (Å²) in [5.41, 5.74) is 0. The maximum absolute atomic E-state index is 10.1. The number of carboxylic acid groups (broad SMARTS) is 3. The molecule has 0 aliphatic heterocycles. The Morgan fingerprint density at radius 3 is 1.15 bits per heavy atom. The van der Waals surface area contributed by atoms with Gasteiger partial charge in [-0.2, -0.15) is 0 Å². The summed E-state index contributed by atoms with van der Waals surface area (Å²) in [4.78, 5) is 30.4. The summed E-state index contributed by atoms with van der Waals surface area (Å²) in [6.45, 7) is 0. The molecule has 0 unspecified atom stereocenters. The van der Waals surface area contributed by atoms with E-state index in [0.29, 0.717) is 0 Å². The molecule has 0 spiro atoms. The largest absolute Gasteiger partial charge is 0.488 e. The molecule has 0 radical (unpaired) electrons. The van der Waals surface area contributed by atoms with Gasteiger partial charge >= 0.3 is 22.2 Å². The summed E-state index contributed by atoms with van der Waals surface area (Å²) >= 11 is 0. The minimum Gasteiger partial charge on any atom is -0.488 e. The van der Waals surface area contributed by atoms with E-state index in [0.717, 1.165) is 4.63 Å². The minimum atomic E-state index is -1.26. The third-order valence-electron chi connectivity index (χ3n) is 1.08. The average Bonchev–Trinajstić information content (AvgIpc) is 1.80. The second-order valence-corrected chi connectivity index (χ2v) is 2.33. The number of hydrogen-bond acceptors (Lipinski definition) is 4. The van der Waals surface area contributed by atoms with E-state index in [4.69, 9.17) is 15.3 Å². The summed E-state index contributed by atoms with van der Waals surface area (Å²) in [6.07, 6.45) is 0. The Kier molecular flexibility index (Phi) is 4.67. The quantitative estimate of drug-likeness (QED) is 0.425. The molecule has 0 rings (SSSR count). The van der Waals surface area contributed by atoms with Crippen molar-refractivity contribution < 1.29 is 29.7 Å².